The van der Waals surface area contributed by atoms with Crippen LogP contribution in [0.5, 0.6) is 0 Å². The third kappa shape index (κ3) is 0.618. The van der Waals surface area contributed by atoms with Gasteiger partial charge in [-0.1, -0.05) is 0 Å². The SMILES string of the molecule is [2H][C@H]1CCCO1. The Hall–Kier alpha value is -0.0400. The minimum absolute atomic E-state index is 0.204. The minimum Gasteiger partial charge on any atom is -0.381 e. The molecule has 1 aliphatic heterocycles. The van der Waals surface area contributed by atoms with E-state index in [4.69, 9.17) is 6.11 Å². The summed E-state index contributed by atoms with van der Waals surface area (Å²) in [4.78, 5) is 0. The van der Waals surface area contributed by atoms with Gasteiger partial charge in [0, 0.05) is 13.2 Å². The molecule has 0 bridgehead atoms. The van der Waals surface area contributed by atoms with Gasteiger partial charge < -0.3 is 4.74 Å². The molecule has 1 heterocycles. The predicted molar refractivity (Wildman–Crippen MR) is 20.1 cm³/mol. The fourth-order valence-electron chi connectivity index (χ4n) is 0.417. The lowest BCUT2D eigenvalue weighted by atomic mass is 10.4. The molecule has 1 nitrogen and oxygen atoms in total. The third-order valence-electron chi connectivity index (χ3n) is 0.702. The lowest BCUT2D eigenvalue weighted by molar-refractivity contribution is 0.198. The Morgan fingerprint density at radius 3 is 2.80 bits per heavy atom. The van der Waals surface area contributed by atoms with E-state index in [1.54, 1.807) is 0 Å². The van der Waals surface area contributed by atoms with Crippen molar-refractivity contribution in [1.29, 1.82) is 0 Å². The topological polar surface area (TPSA) is 9.23 Å². The molecule has 0 aromatic heterocycles. The van der Waals surface area contributed by atoms with E-state index in [0.29, 0.717) is 0 Å². The minimum atomic E-state index is -0.204. The molecule has 0 radical (unpaired) electrons. The summed E-state index contributed by atoms with van der Waals surface area (Å²) in [6.07, 6.45) is 2.01. The van der Waals surface area contributed by atoms with Crippen LogP contribution in [0.1, 0.15) is 14.2 Å². The van der Waals surface area contributed by atoms with E-state index in [0.717, 1.165) is 19.4 Å². The van der Waals surface area contributed by atoms with Gasteiger partial charge in [0.25, 0.3) is 0 Å². The first-order valence-electron chi connectivity index (χ1n) is 2.51. The molecule has 30 valence electrons. The van der Waals surface area contributed by atoms with Crippen LogP contribution in [0, 0.1) is 0 Å². The molecule has 0 aromatic carbocycles. The summed E-state index contributed by atoms with van der Waals surface area (Å²) in [5, 5.41) is 0. The van der Waals surface area contributed by atoms with Crippen molar-refractivity contribution in [3.63, 3.8) is 0 Å². The van der Waals surface area contributed by atoms with Gasteiger partial charge in [0.1, 0.15) is 0 Å². The lowest BCUT2D eigenvalue weighted by Gasteiger charge is -1.76. The maximum absolute atomic E-state index is 6.91. The summed E-state index contributed by atoms with van der Waals surface area (Å²) in [5.41, 5.74) is 0. The second-order valence-electron chi connectivity index (χ2n) is 1.18. The van der Waals surface area contributed by atoms with Crippen molar-refractivity contribution in [2.45, 2.75) is 12.8 Å². The maximum Gasteiger partial charge on any atom is 0.0567 e. The molecular formula is C4H8O. The second-order valence-corrected chi connectivity index (χ2v) is 1.18. The normalized spacial score (nSPS) is 41.6. The van der Waals surface area contributed by atoms with Crippen molar-refractivity contribution in [3.05, 3.63) is 0 Å². The fourth-order valence-corrected chi connectivity index (χ4v) is 0.417. The monoisotopic (exact) mass is 73.1 g/mol. The van der Waals surface area contributed by atoms with Gasteiger partial charge in [0.15, 0.2) is 0 Å². The Morgan fingerprint density at radius 1 is 1.60 bits per heavy atom. The highest BCUT2D eigenvalue weighted by Gasteiger charge is 1.94. The van der Waals surface area contributed by atoms with E-state index in [1.165, 1.54) is 0 Å². The van der Waals surface area contributed by atoms with E-state index in [-0.39, 0.29) is 6.58 Å². The van der Waals surface area contributed by atoms with Gasteiger partial charge in [-0.2, -0.15) is 0 Å². The van der Waals surface area contributed by atoms with E-state index in [2.05, 4.69) is 0 Å². The largest absolute Gasteiger partial charge is 0.381 e. The van der Waals surface area contributed by atoms with E-state index in [1.807, 2.05) is 0 Å². The van der Waals surface area contributed by atoms with Crippen molar-refractivity contribution >= 4 is 0 Å². The molecule has 0 amide bonds. The molecule has 0 aromatic rings. The number of ether oxygens (including phenoxy) is 1. The first-order valence-corrected chi connectivity index (χ1v) is 1.93. The molecule has 1 heteroatoms. The predicted octanol–water partition coefficient (Wildman–Crippen LogP) is 0.797. The van der Waals surface area contributed by atoms with Crippen LogP contribution in [0.4, 0.5) is 0 Å². The molecule has 1 aliphatic rings. The average molecular weight is 73.1 g/mol. The standard InChI is InChI=1S/C4H8O/c1-2-4-5-3-1/h1-4H2/i3D/t3-/m0/s1. The molecule has 1 rings (SSSR count). The molecule has 1 atom stereocenters. The molecule has 0 N–H and O–H groups in total. The van der Waals surface area contributed by atoms with E-state index in [9.17, 15) is 0 Å². The van der Waals surface area contributed by atoms with E-state index >= 15 is 0 Å². The summed E-state index contributed by atoms with van der Waals surface area (Å²) in [6, 6.07) is 0. The zero-order valence-corrected chi connectivity index (χ0v) is 3.11. The third-order valence-corrected chi connectivity index (χ3v) is 0.702. The maximum atomic E-state index is 6.91. The molecule has 0 unspecified atom stereocenters. The van der Waals surface area contributed by atoms with Crippen molar-refractivity contribution < 1.29 is 6.11 Å². The molecule has 0 aliphatic carbocycles. The number of hydrogen-bond acceptors (Lipinski definition) is 1. The Bertz CT molecular complexity index is 40.8. The quantitative estimate of drug-likeness (QED) is 0.412. The zero-order chi connectivity index (χ0) is 4.41. The van der Waals surface area contributed by atoms with E-state index < -0.39 is 0 Å². The Balaban J connectivity index is 2.18. The van der Waals surface area contributed by atoms with Crippen molar-refractivity contribution in [1.82, 2.24) is 0 Å². The first-order chi connectivity index (χ1) is 2.89. The molecule has 1 fully saturated rings. The lowest BCUT2D eigenvalue weighted by Crippen LogP contribution is -1.74. The summed E-state index contributed by atoms with van der Waals surface area (Å²) in [6.45, 7) is 0.596. The molecule has 1 saturated heterocycles. The summed E-state index contributed by atoms with van der Waals surface area (Å²) < 4.78 is 11.7. The van der Waals surface area contributed by atoms with Crippen molar-refractivity contribution in [2.75, 3.05) is 13.2 Å². The second kappa shape index (κ2) is 1.41. The number of hydrogen-bond donors (Lipinski definition) is 0. The smallest absolute Gasteiger partial charge is 0.0567 e. The van der Waals surface area contributed by atoms with Gasteiger partial charge in [-0.15, -0.1) is 0 Å². The van der Waals surface area contributed by atoms with Gasteiger partial charge in [-0.05, 0) is 12.8 Å². The summed E-state index contributed by atoms with van der Waals surface area (Å²) in [7, 11) is 0. The average Bonchev–Trinajstić information content (AvgIpc) is 1.86. The van der Waals surface area contributed by atoms with Gasteiger partial charge in [-0.25, -0.2) is 0 Å². The van der Waals surface area contributed by atoms with Gasteiger partial charge in [0.2, 0.25) is 0 Å². The van der Waals surface area contributed by atoms with Crippen LogP contribution in [0.3, 0.4) is 0 Å². The van der Waals surface area contributed by atoms with Crippen LogP contribution >= 0.6 is 0 Å². The Morgan fingerprint density at radius 2 is 2.60 bits per heavy atom. The van der Waals surface area contributed by atoms with Crippen LogP contribution in [-0.4, -0.2) is 13.2 Å². The summed E-state index contributed by atoms with van der Waals surface area (Å²) >= 11 is 0. The Kier molecular flexibility index (Phi) is 0.618. The van der Waals surface area contributed by atoms with Crippen LogP contribution < -0.4 is 0 Å². The molecule has 5 heavy (non-hydrogen) atoms. The fraction of sp³-hybridized carbons (Fsp3) is 1.00. The first kappa shape index (κ1) is 2.19. The van der Waals surface area contributed by atoms with Crippen molar-refractivity contribution in [2.24, 2.45) is 0 Å². The zero-order valence-electron chi connectivity index (χ0n) is 4.11. The van der Waals surface area contributed by atoms with Gasteiger partial charge in [0.05, 0.1) is 1.37 Å². The summed E-state index contributed by atoms with van der Waals surface area (Å²) in [5.74, 6) is 0. The van der Waals surface area contributed by atoms with Crippen LogP contribution in [0.25, 0.3) is 0 Å². The van der Waals surface area contributed by atoms with Gasteiger partial charge >= 0.3 is 0 Å². The highest BCUT2D eigenvalue weighted by Crippen LogP contribution is 1.98. The highest BCUT2D eigenvalue weighted by molar-refractivity contribution is 4.43. The van der Waals surface area contributed by atoms with Crippen LogP contribution in [-0.2, 0) is 4.74 Å². The van der Waals surface area contributed by atoms with Crippen LogP contribution in [0.2, 0.25) is 0 Å². The van der Waals surface area contributed by atoms with Gasteiger partial charge in [-0.3, -0.25) is 0 Å². The molecule has 0 saturated carbocycles. The highest BCUT2D eigenvalue weighted by atomic mass is 16.5. The molecule has 0 spiro atoms. The van der Waals surface area contributed by atoms with Crippen LogP contribution in [0.15, 0.2) is 0 Å². The number of rotatable bonds is 0. The Labute approximate surface area is 33.3 Å². The molecular weight excluding hydrogens is 64.0 g/mol. The van der Waals surface area contributed by atoms with Crippen molar-refractivity contribution in [3.8, 4) is 0 Å².